The Morgan fingerprint density at radius 1 is 0.456 bits per heavy atom. The summed E-state index contributed by atoms with van der Waals surface area (Å²) in [6.45, 7) is 4.53. The van der Waals surface area contributed by atoms with E-state index in [4.69, 9.17) is 18.9 Å². The summed E-state index contributed by atoms with van der Waals surface area (Å²) in [6.07, 6.45) is 65.4. The first-order valence-corrected chi connectivity index (χ1v) is 26.2. The van der Waals surface area contributed by atoms with Gasteiger partial charge in [0.25, 0.3) is 0 Å². The molecule has 0 fully saturated rings. The van der Waals surface area contributed by atoms with Crippen LogP contribution in [0.5, 0.6) is 0 Å². The van der Waals surface area contributed by atoms with Crippen LogP contribution >= 0.6 is 0 Å². The van der Waals surface area contributed by atoms with Gasteiger partial charge in [0.1, 0.15) is 13.2 Å². The number of allylic oxidation sites excluding steroid dienone is 20. The molecule has 68 heavy (non-hydrogen) atoms. The second kappa shape index (κ2) is 49.1. The molecule has 384 valence electrons. The Morgan fingerprint density at radius 2 is 0.838 bits per heavy atom. The van der Waals surface area contributed by atoms with Gasteiger partial charge in [-0.25, -0.2) is 0 Å². The van der Waals surface area contributed by atoms with Crippen molar-refractivity contribution in [1.82, 2.24) is 0 Å². The van der Waals surface area contributed by atoms with Gasteiger partial charge in [0.15, 0.2) is 12.4 Å². The zero-order chi connectivity index (χ0) is 49.9. The van der Waals surface area contributed by atoms with Gasteiger partial charge in [-0.1, -0.05) is 193 Å². The summed E-state index contributed by atoms with van der Waals surface area (Å²) in [5, 5.41) is 11.7. The van der Waals surface area contributed by atoms with Gasteiger partial charge >= 0.3 is 11.9 Å². The fourth-order valence-corrected chi connectivity index (χ4v) is 6.44. The van der Waals surface area contributed by atoms with Gasteiger partial charge in [-0.05, 0) is 89.9 Å². The highest BCUT2D eigenvalue weighted by molar-refractivity contribution is 5.70. The first-order valence-electron chi connectivity index (χ1n) is 26.2. The monoisotopic (exact) mass is 946 g/mol. The second-order valence-corrected chi connectivity index (χ2v) is 18.1. The number of likely N-dealkylation sites (N-methyl/N-ethyl adjacent to an activating group) is 1. The minimum absolute atomic E-state index is 0.133. The van der Waals surface area contributed by atoms with Crippen molar-refractivity contribution >= 4 is 17.9 Å². The molecule has 0 saturated heterocycles. The minimum atomic E-state index is -1.64. The normalized spacial score (nSPS) is 13.8. The van der Waals surface area contributed by atoms with E-state index in [-0.39, 0.29) is 38.6 Å². The van der Waals surface area contributed by atoms with Gasteiger partial charge in [0, 0.05) is 12.8 Å². The molecule has 0 aromatic rings. The molecular formula is C59H95NO8. The number of esters is 2. The lowest BCUT2D eigenvalue weighted by Crippen LogP contribution is -2.44. The van der Waals surface area contributed by atoms with Crippen molar-refractivity contribution in [3.8, 4) is 0 Å². The second-order valence-electron chi connectivity index (χ2n) is 18.1. The van der Waals surface area contributed by atoms with Crippen molar-refractivity contribution in [2.24, 2.45) is 0 Å². The predicted octanol–water partition coefficient (Wildman–Crippen LogP) is 13.6. The lowest BCUT2D eigenvalue weighted by Gasteiger charge is -2.26. The highest BCUT2D eigenvalue weighted by Crippen LogP contribution is 2.13. The van der Waals surface area contributed by atoms with Crippen LogP contribution in [0.25, 0.3) is 0 Å². The molecule has 0 aromatic heterocycles. The molecule has 9 heteroatoms. The number of unbranched alkanes of at least 4 members (excludes halogenated alkanes) is 11. The number of hydrogen-bond donors (Lipinski definition) is 0. The van der Waals surface area contributed by atoms with Gasteiger partial charge in [-0.3, -0.25) is 9.59 Å². The summed E-state index contributed by atoms with van der Waals surface area (Å²) < 4.78 is 22.5. The molecule has 9 nitrogen and oxygen atoms in total. The highest BCUT2D eigenvalue weighted by Gasteiger charge is 2.21. The van der Waals surface area contributed by atoms with Crippen molar-refractivity contribution in [3.63, 3.8) is 0 Å². The van der Waals surface area contributed by atoms with Gasteiger partial charge in [0.05, 0.1) is 40.3 Å². The van der Waals surface area contributed by atoms with Crippen LogP contribution < -0.4 is 5.11 Å². The summed E-state index contributed by atoms with van der Waals surface area (Å²) >= 11 is 0. The topological polar surface area (TPSA) is 111 Å². The van der Waals surface area contributed by atoms with Crippen LogP contribution in [0.3, 0.4) is 0 Å². The first kappa shape index (κ1) is 63.7. The van der Waals surface area contributed by atoms with Crippen LogP contribution in [0.1, 0.15) is 174 Å². The molecule has 0 bridgehead atoms. The van der Waals surface area contributed by atoms with Crippen molar-refractivity contribution in [1.29, 1.82) is 0 Å². The van der Waals surface area contributed by atoms with E-state index in [2.05, 4.69) is 135 Å². The molecular weight excluding hydrogens is 851 g/mol. The third-order valence-electron chi connectivity index (χ3n) is 10.5. The van der Waals surface area contributed by atoms with Crippen molar-refractivity contribution in [2.45, 2.75) is 187 Å². The van der Waals surface area contributed by atoms with Crippen molar-refractivity contribution in [3.05, 3.63) is 122 Å². The van der Waals surface area contributed by atoms with Gasteiger partial charge < -0.3 is 33.3 Å². The quantitative estimate of drug-likeness (QED) is 0.0195. The standard InChI is InChI=1S/C59H95NO8/c1-6-8-10-12-14-16-18-19-20-21-22-23-24-25-26-27-28-29-30-31-32-33-34-35-36-37-38-39-40-42-44-46-48-50-57(62)68-55(54-67-59(58(63)64)65-52-51-60(3,4)5)53-66-56(61)49-47-45-43-41-17-15-13-11-9-7-2/h8,10,14,16,19-20,22-23,25-26,28-29,31-32,34-35,37-38,40,42,55,59H,6-7,9,11-13,15,17-18,21,24,27,30,33,36,39,41,43-54H2,1-5H3/b10-8-,16-14-,20-19-,23-22-,26-25-,29-28-,32-31-,35-34-,38-37-,42-40-. The maximum atomic E-state index is 12.8. The van der Waals surface area contributed by atoms with E-state index in [0.29, 0.717) is 17.4 Å². The fraction of sp³-hybridized carbons (Fsp3) is 0.610. The Kier molecular flexibility index (Phi) is 46.0. The van der Waals surface area contributed by atoms with Gasteiger partial charge in [-0.15, -0.1) is 0 Å². The largest absolute Gasteiger partial charge is 0.545 e. The Hall–Kier alpha value is -4.31. The summed E-state index contributed by atoms with van der Waals surface area (Å²) in [5.41, 5.74) is 0. The molecule has 0 aliphatic carbocycles. The van der Waals surface area contributed by atoms with E-state index >= 15 is 0 Å². The Bertz CT molecular complexity index is 1520. The number of carbonyl (C=O) groups is 3. The molecule has 0 amide bonds. The van der Waals surface area contributed by atoms with E-state index in [1.807, 2.05) is 21.1 Å². The number of quaternary nitrogens is 1. The Labute approximate surface area is 415 Å². The number of carbonyl (C=O) groups excluding carboxylic acids is 3. The summed E-state index contributed by atoms with van der Waals surface area (Å²) in [5.74, 6) is -2.36. The molecule has 0 aliphatic heterocycles. The highest BCUT2D eigenvalue weighted by atomic mass is 16.7. The number of ether oxygens (including phenoxy) is 4. The van der Waals surface area contributed by atoms with Crippen molar-refractivity contribution < 1.29 is 42.9 Å². The lowest BCUT2D eigenvalue weighted by atomic mass is 10.1. The van der Waals surface area contributed by atoms with Crippen LogP contribution in [0.15, 0.2) is 122 Å². The number of rotatable bonds is 46. The molecule has 0 aliphatic rings. The van der Waals surface area contributed by atoms with E-state index in [1.54, 1.807) is 0 Å². The summed E-state index contributed by atoms with van der Waals surface area (Å²) in [7, 11) is 5.88. The van der Waals surface area contributed by atoms with Crippen LogP contribution in [-0.2, 0) is 33.3 Å². The maximum Gasteiger partial charge on any atom is 0.306 e. The number of nitrogens with zero attached hydrogens (tertiary/aromatic N) is 1. The predicted molar refractivity (Wildman–Crippen MR) is 283 cm³/mol. The molecule has 0 spiro atoms. The Morgan fingerprint density at radius 3 is 1.25 bits per heavy atom. The number of carboxylic acids is 1. The van der Waals surface area contributed by atoms with Crippen LogP contribution in [0.2, 0.25) is 0 Å². The van der Waals surface area contributed by atoms with E-state index in [0.717, 1.165) is 96.3 Å². The van der Waals surface area contributed by atoms with E-state index < -0.39 is 24.3 Å². The fourth-order valence-electron chi connectivity index (χ4n) is 6.44. The molecule has 2 unspecified atom stereocenters. The van der Waals surface area contributed by atoms with Gasteiger partial charge in [-0.2, -0.15) is 0 Å². The average Bonchev–Trinajstić information content (AvgIpc) is 3.30. The van der Waals surface area contributed by atoms with Crippen LogP contribution in [0.4, 0.5) is 0 Å². The van der Waals surface area contributed by atoms with Crippen LogP contribution in [0, 0.1) is 0 Å². The van der Waals surface area contributed by atoms with E-state index in [9.17, 15) is 19.5 Å². The number of aliphatic carboxylic acids is 1. The maximum absolute atomic E-state index is 12.8. The number of hydrogen-bond acceptors (Lipinski definition) is 8. The molecule has 0 rings (SSSR count). The van der Waals surface area contributed by atoms with Crippen molar-refractivity contribution in [2.75, 3.05) is 47.5 Å². The minimum Gasteiger partial charge on any atom is -0.545 e. The third-order valence-corrected chi connectivity index (χ3v) is 10.5. The molecule has 0 heterocycles. The average molecular weight is 946 g/mol. The molecule has 0 aromatic carbocycles. The third kappa shape index (κ3) is 49.6. The molecule has 2 atom stereocenters. The van der Waals surface area contributed by atoms with E-state index in [1.165, 1.54) is 44.9 Å². The zero-order valence-electron chi connectivity index (χ0n) is 43.4. The molecule has 0 saturated carbocycles. The van der Waals surface area contributed by atoms with Crippen LogP contribution in [-0.4, -0.2) is 82.3 Å². The smallest absolute Gasteiger partial charge is 0.306 e. The first-order chi connectivity index (χ1) is 33.1. The summed E-state index contributed by atoms with van der Waals surface area (Å²) in [6, 6.07) is 0. The SMILES string of the molecule is CC/C=C\C/C=C\C/C=C\C/C=C\C/C=C\C/C=C\C/C=C\C/C=C\C/C=C\C/C=C\CCCCC(=O)OC(COC(=O)CCCCCCCCCCCC)COC(OCC[N+](C)(C)C)C(=O)[O-]. The zero-order valence-corrected chi connectivity index (χ0v) is 43.4. The summed E-state index contributed by atoms with van der Waals surface area (Å²) in [4.78, 5) is 37.0. The molecule has 0 N–H and O–H groups in total. The number of carboxylic acid groups (broad SMARTS) is 1. The van der Waals surface area contributed by atoms with Gasteiger partial charge in [0.2, 0.25) is 0 Å². The molecule has 0 radical (unpaired) electrons. The lowest BCUT2D eigenvalue weighted by molar-refractivity contribution is -0.870. The Balaban J connectivity index is 4.34.